The summed E-state index contributed by atoms with van der Waals surface area (Å²) >= 11 is 0. The van der Waals surface area contributed by atoms with Crippen LogP contribution in [0.15, 0.2) is 12.4 Å². The molecule has 2 rings (SSSR count). The highest BCUT2D eigenvalue weighted by atomic mass is 15.1. The Hall–Kier alpha value is -1.87. The number of likely N-dealkylation sites (tertiary alicyclic amines) is 1. The number of anilines is 2. The first-order valence-electron chi connectivity index (χ1n) is 6.66. The molecule has 1 aliphatic rings. The molecule has 1 aromatic rings. The van der Waals surface area contributed by atoms with Crippen molar-refractivity contribution in [1.29, 1.82) is 5.26 Å². The van der Waals surface area contributed by atoms with Crippen molar-refractivity contribution in [3.8, 4) is 6.07 Å². The molecule has 0 radical (unpaired) electrons. The maximum Gasteiger partial charge on any atom is 0.131 e. The van der Waals surface area contributed by atoms with Crippen LogP contribution in [0.2, 0.25) is 0 Å². The summed E-state index contributed by atoms with van der Waals surface area (Å²) in [6, 6.07) is 4.48. The van der Waals surface area contributed by atoms with Crippen LogP contribution in [-0.2, 0) is 0 Å². The monoisotopic (exact) mass is 260 g/mol. The fourth-order valence-corrected chi connectivity index (χ4v) is 2.14. The molecule has 0 atom stereocenters. The number of nitriles is 1. The van der Waals surface area contributed by atoms with Gasteiger partial charge in [-0.15, -0.1) is 0 Å². The summed E-state index contributed by atoms with van der Waals surface area (Å²) in [6.45, 7) is 2.85. The third kappa shape index (κ3) is 4.38. The van der Waals surface area contributed by atoms with Crippen molar-refractivity contribution in [3.63, 3.8) is 0 Å². The summed E-state index contributed by atoms with van der Waals surface area (Å²) in [5.74, 6) is 1.62. The first-order valence-corrected chi connectivity index (χ1v) is 6.66. The molecule has 6 heteroatoms. The molecule has 0 spiro atoms. The second-order valence-corrected chi connectivity index (χ2v) is 4.85. The van der Waals surface area contributed by atoms with Crippen LogP contribution in [0, 0.1) is 11.3 Å². The van der Waals surface area contributed by atoms with Crippen LogP contribution >= 0.6 is 0 Å². The summed E-state index contributed by atoms with van der Waals surface area (Å²) in [4.78, 5) is 10.7. The van der Waals surface area contributed by atoms with Crippen LogP contribution in [0.4, 0.5) is 11.6 Å². The molecule has 0 bridgehead atoms. The number of rotatable bonds is 5. The number of aromatic nitrogens is 2. The second-order valence-electron chi connectivity index (χ2n) is 4.85. The first kappa shape index (κ1) is 13.6. The summed E-state index contributed by atoms with van der Waals surface area (Å²) in [5, 5.41) is 15.1. The van der Waals surface area contributed by atoms with E-state index in [2.05, 4.69) is 38.6 Å². The van der Waals surface area contributed by atoms with Gasteiger partial charge in [0, 0.05) is 18.7 Å². The van der Waals surface area contributed by atoms with Gasteiger partial charge in [-0.2, -0.15) is 5.26 Å². The average molecular weight is 260 g/mol. The fraction of sp³-hybridized carbons (Fsp3) is 0.615. The van der Waals surface area contributed by atoms with E-state index >= 15 is 0 Å². The summed E-state index contributed by atoms with van der Waals surface area (Å²) in [7, 11) is 2.15. The van der Waals surface area contributed by atoms with E-state index in [0.29, 0.717) is 19.0 Å². The van der Waals surface area contributed by atoms with Crippen LogP contribution in [0.5, 0.6) is 0 Å². The van der Waals surface area contributed by atoms with E-state index in [9.17, 15) is 0 Å². The molecule has 0 amide bonds. The normalized spacial score (nSPS) is 16.8. The Morgan fingerprint density at radius 3 is 2.84 bits per heavy atom. The minimum absolute atomic E-state index is 0.474. The minimum atomic E-state index is 0.474. The largest absolute Gasteiger partial charge is 0.369 e. The molecule has 0 aliphatic carbocycles. The highest BCUT2D eigenvalue weighted by molar-refractivity contribution is 5.47. The van der Waals surface area contributed by atoms with E-state index in [1.54, 1.807) is 6.33 Å². The molecule has 19 heavy (non-hydrogen) atoms. The van der Waals surface area contributed by atoms with E-state index in [1.165, 1.54) is 0 Å². The van der Waals surface area contributed by atoms with Crippen LogP contribution in [-0.4, -0.2) is 47.6 Å². The van der Waals surface area contributed by atoms with E-state index in [-0.39, 0.29) is 0 Å². The van der Waals surface area contributed by atoms with Gasteiger partial charge in [-0.1, -0.05) is 0 Å². The second kappa shape index (κ2) is 6.90. The van der Waals surface area contributed by atoms with Crippen LogP contribution < -0.4 is 10.6 Å². The van der Waals surface area contributed by atoms with Crippen LogP contribution in [0.25, 0.3) is 0 Å². The van der Waals surface area contributed by atoms with Crippen molar-refractivity contribution in [2.75, 3.05) is 37.3 Å². The maximum atomic E-state index is 8.50. The third-order valence-corrected chi connectivity index (χ3v) is 3.28. The molecule has 1 aliphatic heterocycles. The summed E-state index contributed by atoms with van der Waals surface area (Å²) in [5.41, 5.74) is 0. The fourth-order valence-electron chi connectivity index (χ4n) is 2.14. The van der Waals surface area contributed by atoms with Gasteiger partial charge in [-0.3, -0.25) is 0 Å². The van der Waals surface area contributed by atoms with Crippen molar-refractivity contribution in [2.45, 2.75) is 25.3 Å². The van der Waals surface area contributed by atoms with Crippen molar-refractivity contribution >= 4 is 11.6 Å². The molecule has 2 heterocycles. The van der Waals surface area contributed by atoms with Crippen molar-refractivity contribution in [3.05, 3.63) is 12.4 Å². The molecule has 6 nitrogen and oxygen atoms in total. The van der Waals surface area contributed by atoms with Gasteiger partial charge in [-0.25, -0.2) is 9.97 Å². The Kier molecular flexibility index (Phi) is 4.93. The van der Waals surface area contributed by atoms with Gasteiger partial charge in [0.15, 0.2) is 0 Å². The van der Waals surface area contributed by atoms with Crippen molar-refractivity contribution < 1.29 is 0 Å². The van der Waals surface area contributed by atoms with Crippen molar-refractivity contribution in [1.82, 2.24) is 14.9 Å². The average Bonchev–Trinajstić information content (AvgIpc) is 2.42. The van der Waals surface area contributed by atoms with E-state index in [4.69, 9.17) is 5.26 Å². The van der Waals surface area contributed by atoms with E-state index < -0.39 is 0 Å². The van der Waals surface area contributed by atoms with Crippen LogP contribution in [0.3, 0.4) is 0 Å². The van der Waals surface area contributed by atoms with Gasteiger partial charge < -0.3 is 15.5 Å². The molecule has 2 N–H and O–H groups in total. The van der Waals surface area contributed by atoms with Gasteiger partial charge in [0.2, 0.25) is 0 Å². The SMILES string of the molecule is CN1CCC(Nc2cc(NCCC#N)ncn2)CC1. The zero-order chi connectivity index (χ0) is 13.5. The number of piperidine rings is 1. The van der Waals surface area contributed by atoms with Gasteiger partial charge in [-0.05, 0) is 33.0 Å². The molecular formula is C13H20N6. The minimum Gasteiger partial charge on any atom is -0.369 e. The molecule has 102 valence electrons. The molecular weight excluding hydrogens is 240 g/mol. The number of nitrogens with one attached hydrogen (secondary N) is 2. The lowest BCUT2D eigenvalue weighted by Gasteiger charge is -2.29. The first-order chi connectivity index (χ1) is 9.28. The van der Waals surface area contributed by atoms with Crippen molar-refractivity contribution in [2.24, 2.45) is 0 Å². The Balaban J connectivity index is 1.86. The van der Waals surface area contributed by atoms with E-state index in [0.717, 1.165) is 37.6 Å². The lowest BCUT2D eigenvalue weighted by molar-refractivity contribution is 0.263. The maximum absolute atomic E-state index is 8.50. The standard InChI is InChI=1S/C13H20N6/c1-19-7-3-11(4-8-19)18-13-9-12(16-10-17-13)15-6-2-5-14/h9-11H,2-4,6-8H2,1H3,(H2,15,16,17,18). The predicted octanol–water partition coefficient (Wildman–Crippen LogP) is 1.31. The molecule has 1 saturated heterocycles. The number of hydrogen-bond acceptors (Lipinski definition) is 6. The Labute approximate surface area is 113 Å². The summed E-state index contributed by atoms with van der Waals surface area (Å²) in [6.07, 6.45) is 4.29. The lowest BCUT2D eigenvalue weighted by Crippen LogP contribution is -2.36. The van der Waals surface area contributed by atoms with E-state index in [1.807, 2.05) is 6.07 Å². The highest BCUT2D eigenvalue weighted by Crippen LogP contribution is 2.15. The van der Waals surface area contributed by atoms with Gasteiger partial charge in [0.1, 0.15) is 18.0 Å². The molecule has 1 aromatic heterocycles. The smallest absolute Gasteiger partial charge is 0.131 e. The molecule has 0 saturated carbocycles. The zero-order valence-electron chi connectivity index (χ0n) is 11.3. The zero-order valence-corrected chi connectivity index (χ0v) is 11.3. The molecule has 0 aromatic carbocycles. The topological polar surface area (TPSA) is 76.9 Å². The number of hydrogen-bond donors (Lipinski definition) is 2. The van der Waals surface area contributed by atoms with Crippen LogP contribution in [0.1, 0.15) is 19.3 Å². The molecule has 1 fully saturated rings. The predicted molar refractivity (Wildman–Crippen MR) is 74.9 cm³/mol. The number of nitrogens with zero attached hydrogens (tertiary/aromatic N) is 4. The Morgan fingerprint density at radius 1 is 1.37 bits per heavy atom. The summed E-state index contributed by atoms with van der Waals surface area (Å²) < 4.78 is 0. The quantitative estimate of drug-likeness (QED) is 0.777. The molecule has 0 unspecified atom stereocenters. The highest BCUT2D eigenvalue weighted by Gasteiger charge is 2.16. The Morgan fingerprint density at radius 2 is 2.11 bits per heavy atom. The lowest BCUT2D eigenvalue weighted by atomic mass is 10.1. The van der Waals surface area contributed by atoms with Gasteiger partial charge in [0.05, 0.1) is 12.5 Å². The third-order valence-electron chi connectivity index (χ3n) is 3.28. The van der Waals surface area contributed by atoms with Gasteiger partial charge in [0.25, 0.3) is 0 Å². The Bertz CT molecular complexity index is 433. The van der Waals surface area contributed by atoms with Gasteiger partial charge >= 0.3 is 0 Å².